The second kappa shape index (κ2) is 5.67. The summed E-state index contributed by atoms with van der Waals surface area (Å²) in [6.07, 6.45) is 2.05. The quantitative estimate of drug-likeness (QED) is 0.911. The molecule has 0 bridgehead atoms. The summed E-state index contributed by atoms with van der Waals surface area (Å²) < 4.78 is 2.13. The SMILES string of the molecule is CC(C)c1cc(C(=O)O)cc2c1ccn2CCN(C)C. The van der Waals surface area contributed by atoms with Crippen LogP contribution in [-0.4, -0.2) is 41.2 Å². The van der Waals surface area contributed by atoms with E-state index in [0.717, 1.165) is 29.6 Å². The monoisotopic (exact) mass is 274 g/mol. The zero-order valence-corrected chi connectivity index (χ0v) is 12.6. The fourth-order valence-corrected chi connectivity index (χ4v) is 2.43. The van der Waals surface area contributed by atoms with Crippen LogP contribution in [0.3, 0.4) is 0 Å². The molecule has 0 saturated heterocycles. The number of carboxylic acid groups (broad SMARTS) is 1. The lowest BCUT2D eigenvalue weighted by Crippen LogP contribution is -2.18. The van der Waals surface area contributed by atoms with E-state index in [0.29, 0.717) is 11.5 Å². The van der Waals surface area contributed by atoms with Crippen LogP contribution < -0.4 is 0 Å². The van der Waals surface area contributed by atoms with Gasteiger partial charge in [0.05, 0.1) is 5.56 Å². The maximum Gasteiger partial charge on any atom is 0.335 e. The number of aromatic nitrogens is 1. The molecule has 2 aromatic rings. The Morgan fingerprint density at radius 2 is 2.05 bits per heavy atom. The fraction of sp³-hybridized carbons (Fsp3) is 0.438. The molecule has 0 atom stereocenters. The summed E-state index contributed by atoms with van der Waals surface area (Å²) in [7, 11) is 4.07. The van der Waals surface area contributed by atoms with Crippen molar-refractivity contribution < 1.29 is 9.90 Å². The zero-order valence-electron chi connectivity index (χ0n) is 12.6. The number of fused-ring (bicyclic) bond motifs is 1. The maximum atomic E-state index is 11.3. The first-order valence-corrected chi connectivity index (χ1v) is 6.91. The molecule has 0 aliphatic heterocycles. The lowest BCUT2D eigenvalue weighted by Gasteiger charge is -2.13. The third-order valence-corrected chi connectivity index (χ3v) is 3.58. The smallest absolute Gasteiger partial charge is 0.335 e. The Labute approximate surface area is 119 Å². The second-order valence-electron chi connectivity index (χ2n) is 5.77. The summed E-state index contributed by atoms with van der Waals surface area (Å²) >= 11 is 0. The molecule has 0 aliphatic rings. The van der Waals surface area contributed by atoms with Crippen molar-refractivity contribution in [1.29, 1.82) is 0 Å². The number of carbonyl (C=O) groups is 1. The van der Waals surface area contributed by atoms with Gasteiger partial charge in [-0.05, 0) is 43.8 Å². The van der Waals surface area contributed by atoms with Crippen molar-refractivity contribution in [2.45, 2.75) is 26.3 Å². The molecule has 2 rings (SSSR count). The summed E-state index contributed by atoms with van der Waals surface area (Å²) in [6, 6.07) is 5.66. The standard InChI is InChI=1S/C16H22N2O2/c1-11(2)14-9-12(16(19)20)10-15-13(14)5-6-18(15)8-7-17(3)4/h5-6,9-11H,7-8H2,1-4H3,(H,19,20). The van der Waals surface area contributed by atoms with Gasteiger partial charge in [-0.1, -0.05) is 13.8 Å². The molecule has 1 aromatic heterocycles. The van der Waals surface area contributed by atoms with Crippen LogP contribution in [-0.2, 0) is 6.54 Å². The van der Waals surface area contributed by atoms with Crippen LogP contribution in [0.5, 0.6) is 0 Å². The molecular formula is C16H22N2O2. The van der Waals surface area contributed by atoms with Crippen molar-refractivity contribution in [3.05, 3.63) is 35.5 Å². The highest BCUT2D eigenvalue weighted by molar-refractivity contribution is 5.95. The highest BCUT2D eigenvalue weighted by Crippen LogP contribution is 2.28. The molecular weight excluding hydrogens is 252 g/mol. The van der Waals surface area contributed by atoms with E-state index in [1.54, 1.807) is 12.1 Å². The molecule has 1 N–H and O–H groups in total. The average molecular weight is 274 g/mol. The summed E-state index contributed by atoms with van der Waals surface area (Å²) in [5.74, 6) is -0.560. The van der Waals surface area contributed by atoms with Crippen molar-refractivity contribution in [3.8, 4) is 0 Å². The molecule has 1 heterocycles. The first-order chi connectivity index (χ1) is 9.40. The first kappa shape index (κ1) is 14.6. The van der Waals surface area contributed by atoms with E-state index in [9.17, 15) is 9.90 Å². The summed E-state index contributed by atoms with van der Waals surface area (Å²) in [5.41, 5.74) is 2.48. The fourth-order valence-electron chi connectivity index (χ4n) is 2.43. The van der Waals surface area contributed by atoms with Gasteiger partial charge in [-0.2, -0.15) is 0 Å². The largest absolute Gasteiger partial charge is 0.478 e. The zero-order chi connectivity index (χ0) is 14.9. The van der Waals surface area contributed by atoms with E-state index >= 15 is 0 Å². The number of aromatic carboxylic acids is 1. The van der Waals surface area contributed by atoms with Crippen molar-refractivity contribution in [1.82, 2.24) is 9.47 Å². The predicted octanol–water partition coefficient (Wildman–Crippen LogP) is 3.02. The van der Waals surface area contributed by atoms with Crippen LogP contribution in [0.15, 0.2) is 24.4 Å². The lowest BCUT2D eigenvalue weighted by atomic mass is 9.97. The predicted molar refractivity (Wildman–Crippen MR) is 81.5 cm³/mol. The van der Waals surface area contributed by atoms with Gasteiger partial charge in [0.15, 0.2) is 0 Å². The Bertz CT molecular complexity index is 627. The molecule has 0 saturated carbocycles. The molecule has 108 valence electrons. The highest BCUT2D eigenvalue weighted by atomic mass is 16.4. The van der Waals surface area contributed by atoms with Gasteiger partial charge >= 0.3 is 5.97 Å². The number of nitrogens with zero attached hydrogens (tertiary/aromatic N) is 2. The van der Waals surface area contributed by atoms with Crippen LogP contribution in [0.2, 0.25) is 0 Å². The minimum Gasteiger partial charge on any atom is -0.478 e. The van der Waals surface area contributed by atoms with Crippen molar-refractivity contribution in [3.63, 3.8) is 0 Å². The molecule has 1 aromatic carbocycles. The lowest BCUT2D eigenvalue weighted by molar-refractivity contribution is 0.0697. The van der Waals surface area contributed by atoms with E-state index < -0.39 is 5.97 Å². The second-order valence-corrected chi connectivity index (χ2v) is 5.77. The van der Waals surface area contributed by atoms with Crippen LogP contribution in [0.25, 0.3) is 10.9 Å². The van der Waals surface area contributed by atoms with Crippen molar-refractivity contribution in [2.75, 3.05) is 20.6 Å². The molecule has 0 unspecified atom stereocenters. The Morgan fingerprint density at radius 1 is 1.35 bits per heavy atom. The number of hydrogen-bond donors (Lipinski definition) is 1. The molecule has 4 heteroatoms. The van der Waals surface area contributed by atoms with Gasteiger partial charge in [0.1, 0.15) is 0 Å². The van der Waals surface area contributed by atoms with Gasteiger partial charge in [0.25, 0.3) is 0 Å². The van der Waals surface area contributed by atoms with Crippen molar-refractivity contribution >= 4 is 16.9 Å². The minimum atomic E-state index is -0.867. The van der Waals surface area contributed by atoms with Gasteiger partial charge in [-0.3, -0.25) is 0 Å². The Kier molecular flexibility index (Phi) is 4.14. The van der Waals surface area contributed by atoms with Gasteiger partial charge in [0, 0.05) is 30.2 Å². The Hall–Kier alpha value is -1.81. The van der Waals surface area contributed by atoms with Crippen LogP contribution >= 0.6 is 0 Å². The van der Waals surface area contributed by atoms with E-state index in [1.807, 2.05) is 20.3 Å². The van der Waals surface area contributed by atoms with Gasteiger partial charge in [0.2, 0.25) is 0 Å². The van der Waals surface area contributed by atoms with E-state index in [4.69, 9.17) is 0 Å². The Balaban J connectivity index is 2.55. The molecule has 4 nitrogen and oxygen atoms in total. The minimum absolute atomic E-state index is 0.307. The topological polar surface area (TPSA) is 45.5 Å². The van der Waals surface area contributed by atoms with E-state index in [2.05, 4.69) is 29.4 Å². The van der Waals surface area contributed by atoms with E-state index in [1.165, 1.54) is 0 Å². The average Bonchev–Trinajstić information content (AvgIpc) is 2.77. The molecule has 0 spiro atoms. The third-order valence-electron chi connectivity index (χ3n) is 3.58. The molecule has 0 radical (unpaired) electrons. The van der Waals surface area contributed by atoms with Gasteiger partial charge < -0.3 is 14.6 Å². The summed E-state index contributed by atoms with van der Waals surface area (Å²) in [4.78, 5) is 13.4. The molecule has 20 heavy (non-hydrogen) atoms. The summed E-state index contributed by atoms with van der Waals surface area (Å²) in [6.45, 7) is 5.98. The number of rotatable bonds is 5. The number of likely N-dealkylation sites (N-methyl/N-ethyl adjacent to an activating group) is 1. The van der Waals surface area contributed by atoms with Crippen LogP contribution in [0, 0.1) is 0 Å². The maximum absolute atomic E-state index is 11.3. The Morgan fingerprint density at radius 3 is 2.60 bits per heavy atom. The first-order valence-electron chi connectivity index (χ1n) is 6.91. The number of carboxylic acids is 1. The van der Waals surface area contributed by atoms with Gasteiger partial charge in [-0.25, -0.2) is 4.79 Å². The normalized spacial score (nSPS) is 11.7. The van der Waals surface area contributed by atoms with Crippen LogP contribution in [0.1, 0.15) is 35.7 Å². The van der Waals surface area contributed by atoms with E-state index in [-0.39, 0.29) is 0 Å². The highest BCUT2D eigenvalue weighted by Gasteiger charge is 2.14. The van der Waals surface area contributed by atoms with Gasteiger partial charge in [-0.15, -0.1) is 0 Å². The molecule has 0 aliphatic carbocycles. The third kappa shape index (κ3) is 2.85. The summed E-state index contributed by atoms with van der Waals surface area (Å²) in [5, 5.41) is 10.4. The van der Waals surface area contributed by atoms with Crippen molar-refractivity contribution in [2.24, 2.45) is 0 Å². The number of hydrogen-bond acceptors (Lipinski definition) is 2. The molecule has 0 fully saturated rings. The molecule has 0 amide bonds. The number of benzene rings is 1. The van der Waals surface area contributed by atoms with Crippen LogP contribution in [0.4, 0.5) is 0 Å².